The van der Waals surface area contributed by atoms with Crippen molar-refractivity contribution in [3.63, 3.8) is 0 Å². The molecule has 0 bridgehead atoms. The number of pyridine rings is 1. The molecule has 0 unspecified atom stereocenters. The first-order valence-corrected chi connectivity index (χ1v) is 8.37. The average molecular weight is 383 g/mol. The van der Waals surface area contributed by atoms with Gasteiger partial charge in [0.15, 0.2) is 0 Å². The Morgan fingerprint density at radius 1 is 0.958 bits per heavy atom. The van der Waals surface area contributed by atoms with Crippen LogP contribution in [-0.4, -0.2) is 5.91 Å². The molecule has 1 aromatic heterocycles. The number of hydrogen-bond acceptors (Lipinski definition) is 2. The molecule has 0 aliphatic heterocycles. The van der Waals surface area contributed by atoms with Crippen LogP contribution in [0.3, 0.4) is 0 Å². The van der Waals surface area contributed by atoms with Gasteiger partial charge in [-0.1, -0.05) is 46.3 Å². The lowest BCUT2D eigenvalue weighted by molar-refractivity contribution is -0.361. The first-order valence-electron chi connectivity index (χ1n) is 7.58. The maximum atomic E-state index is 12.5. The zero-order valence-electron chi connectivity index (χ0n) is 12.9. The fraction of sp³-hybridized carbons (Fsp3) is 0.0526. The van der Waals surface area contributed by atoms with Gasteiger partial charge in [-0.25, -0.2) is 4.98 Å². The number of halogens is 1. The quantitative estimate of drug-likeness (QED) is 0.696. The third-order valence-corrected chi connectivity index (χ3v) is 4.04. The number of nitrogens with one attached hydrogen (secondary N) is 3. The lowest BCUT2D eigenvalue weighted by Gasteiger charge is -2.07. The average Bonchev–Trinajstić information content (AvgIpc) is 2.63. The maximum absolute atomic E-state index is 12.5. The molecule has 2 aromatic carbocycles. The van der Waals surface area contributed by atoms with Crippen LogP contribution in [-0.2, 0) is 6.54 Å². The predicted octanol–water partition coefficient (Wildman–Crippen LogP) is 4.13. The van der Waals surface area contributed by atoms with Crippen molar-refractivity contribution in [3.8, 4) is 0 Å². The van der Waals surface area contributed by atoms with E-state index in [9.17, 15) is 4.79 Å². The smallest absolute Gasteiger partial charge is 0.285 e. The molecule has 1 amide bonds. The zero-order valence-corrected chi connectivity index (χ0v) is 14.5. The lowest BCUT2D eigenvalue weighted by atomic mass is 10.2. The number of benzene rings is 2. The first-order chi connectivity index (χ1) is 11.7. The number of carbonyl (C=O) groups is 1. The van der Waals surface area contributed by atoms with Gasteiger partial charge in [-0.2, -0.15) is 0 Å². The van der Waals surface area contributed by atoms with Gasteiger partial charge < -0.3 is 5.32 Å². The number of hydrogen-bond donors (Lipinski definition) is 2. The van der Waals surface area contributed by atoms with Crippen molar-refractivity contribution in [2.75, 3.05) is 10.6 Å². The van der Waals surface area contributed by atoms with E-state index in [0.29, 0.717) is 17.9 Å². The van der Waals surface area contributed by atoms with E-state index < -0.39 is 0 Å². The molecule has 3 aromatic rings. The Balaban J connectivity index is 1.73. The molecule has 0 radical (unpaired) electrons. The summed E-state index contributed by atoms with van der Waals surface area (Å²) in [4.78, 5) is 15.7. The maximum Gasteiger partial charge on any atom is 0.285 e. The Morgan fingerprint density at radius 2 is 1.71 bits per heavy atom. The number of amides is 1. The number of anilines is 2. The van der Waals surface area contributed by atoms with Crippen LogP contribution in [0, 0.1) is 0 Å². The number of H-pyrrole nitrogens is 1. The molecule has 0 saturated heterocycles. The molecule has 120 valence electrons. The van der Waals surface area contributed by atoms with Crippen molar-refractivity contribution in [2.24, 2.45) is 0 Å². The van der Waals surface area contributed by atoms with Crippen molar-refractivity contribution in [3.05, 3.63) is 88.5 Å². The zero-order chi connectivity index (χ0) is 16.8. The van der Waals surface area contributed by atoms with Crippen molar-refractivity contribution in [1.82, 2.24) is 0 Å². The largest absolute Gasteiger partial charge is 0.322 e. The van der Waals surface area contributed by atoms with Crippen LogP contribution in [0.4, 0.5) is 11.5 Å². The van der Waals surface area contributed by atoms with Gasteiger partial charge in [-0.15, -0.1) is 0 Å². The SMILES string of the molecule is O=C(Nc1ccc(Br)cc1)c1ccc[nH+]c1NCc1ccccc1. The molecule has 24 heavy (non-hydrogen) atoms. The highest BCUT2D eigenvalue weighted by atomic mass is 79.9. The Bertz CT molecular complexity index is 820. The second-order valence-electron chi connectivity index (χ2n) is 5.26. The van der Waals surface area contributed by atoms with E-state index in [-0.39, 0.29) is 5.91 Å². The van der Waals surface area contributed by atoms with Crippen molar-refractivity contribution in [1.29, 1.82) is 0 Å². The molecule has 0 fully saturated rings. The van der Waals surface area contributed by atoms with Gasteiger partial charge in [-0.3, -0.25) is 10.1 Å². The third kappa shape index (κ3) is 4.20. The second-order valence-corrected chi connectivity index (χ2v) is 6.17. The van der Waals surface area contributed by atoms with Crippen LogP contribution in [0.5, 0.6) is 0 Å². The summed E-state index contributed by atoms with van der Waals surface area (Å²) in [5, 5.41) is 6.19. The minimum atomic E-state index is -0.162. The molecule has 4 nitrogen and oxygen atoms in total. The Labute approximate surface area is 149 Å². The van der Waals surface area contributed by atoms with Crippen molar-refractivity contribution in [2.45, 2.75) is 6.54 Å². The molecule has 3 rings (SSSR count). The second kappa shape index (κ2) is 7.75. The van der Waals surface area contributed by atoms with Crippen LogP contribution in [0.2, 0.25) is 0 Å². The van der Waals surface area contributed by atoms with Crippen molar-refractivity contribution >= 4 is 33.3 Å². The number of carbonyl (C=O) groups excluding carboxylic acids is 1. The third-order valence-electron chi connectivity index (χ3n) is 3.51. The monoisotopic (exact) mass is 382 g/mol. The Kier molecular flexibility index (Phi) is 5.23. The normalized spacial score (nSPS) is 10.2. The van der Waals surface area contributed by atoms with E-state index in [1.165, 1.54) is 0 Å². The fourth-order valence-electron chi connectivity index (χ4n) is 2.29. The van der Waals surface area contributed by atoms with E-state index in [0.717, 1.165) is 15.7 Å². The van der Waals surface area contributed by atoms with Gasteiger partial charge in [0.2, 0.25) is 0 Å². The van der Waals surface area contributed by atoms with Gasteiger partial charge >= 0.3 is 0 Å². The Morgan fingerprint density at radius 3 is 2.46 bits per heavy atom. The highest BCUT2D eigenvalue weighted by Gasteiger charge is 2.16. The summed E-state index contributed by atoms with van der Waals surface area (Å²) in [5.74, 6) is 0.528. The van der Waals surface area contributed by atoms with Crippen LogP contribution in [0.1, 0.15) is 15.9 Å². The lowest BCUT2D eigenvalue weighted by Crippen LogP contribution is -2.21. The molecule has 0 aliphatic rings. The summed E-state index contributed by atoms with van der Waals surface area (Å²) < 4.78 is 0.971. The highest BCUT2D eigenvalue weighted by Crippen LogP contribution is 2.17. The summed E-state index contributed by atoms with van der Waals surface area (Å²) in [6.45, 7) is 0.639. The topological polar surface area (TPSA) is 55.3 Å². The summed E-state index contributed by atoms with van der Waals surface area (Å²) in [6, 6.07) is 21.1. The molecular weight excluding hydrogens is 366 g/mol. The predicted molar refractivity (Wildman–Crippen MR) is 98.9 cm³/mol. The molecule has 1 heterocycles. The molecule has 0 spiro atoms. The summed E-state index contributed by atoms with van der Waals surface area (Å²) in [5.41, 5.74) is 2.46. The van der Waals surface area contributed by atoms with E-state index in [2.05, 4.69) is 31.5 Å². The number of rotatable bonds is 5. The van der Waals surface area contributed by atoms with Crippen LogP contribution >= 0.6 is 15.9 Å². The fourth-order valence-corrected chi connectivity index (χ4v) is 2.55. The minimum absolute atomic E-state index is 0.162. The summed E-state index contributed by atoms with van der Waals surface area (Å²) in [6.07, 6.45) is 1.80. The molecule has 5 heteroatoms. The first kappa shape index (κ1) is 16.2. The molecule has 3 N–H and O–H groups in total. The summed E-state index contributed by atoms with van der Waals surface area (Å²) in [7, 11) is 0. The van der Waals surface area contributed by atoms with E-state index in [1.54, 1.807) is 12.3 Å². The molecule has 0 aliphatic carbocycles. The number of aromatic nitrogens is 1. The van der Waals surface area contributed by atoms with E-state index in [4.69, 9.17) is 0 Å². The van der Waals surface area contributed by atoms with Gasteiger partial charge in [0.05, 0.1) is 6.20 Å². The summed E-state index contributed by atoms with van der Waals surface area (Å²) >= 11 is 3.38. The van der Waals surface area contributed by atoms with Gasteiger partial charge in [0.25, 0.3) is 11.7 Å². The van der Waals surface area contributed by atoms with Gasteiger partial charge in [-0.05, 0) is 42.0 Å². The van der Waals surface area contributed by atoms with E-state index >= 15 is 0 Å². The van der Waals surface area contributed by atoms with Gasteiger partial charge in [0, 0.05) is 10.2 Å². The standard InChI is InChI=1S/C19H16BrN3O/c20-15-8-10-16(11-9-15)23-19(24)17-7-4-12-21-18(17)22-13-14-5-2-1-3-6-14/h1-12H,13H2,(H,21,22)(H,23,24)/p+1. The van der Waals surface area contributed by atoms with Crippen LogP contribution < -0.4 is 15.6 Å². The van der Waals surface area contributed by atoms with Gasteiger partial charge in [0.1, 0.15) is 12.1 Å². The van der Waals surface area contributed by atoms with E-state index in [1.807, 2.05) is 60.7 Å². The van der Waals surface area contributed by atoms with Crippen molar-refractivity contribution < 1.29 is 9.78 Å². The minimum Gasteiger partial charge on any atom is -0.322 e. The molecule has 0 saturated carbocycles. The van der Waals surface area contributed by atoms with Crippen LogP contribution in [0.25, 0.3) is 0 Å². The Hall–Kier alpha value is -2.66. The molecular formula is C19H17BrN3O+. The number of aromatic amines is 1. The highest BCUT2D eigenvalue weighted by molar-refractivity contribution is 9.10. The molecule has 0 atom stereocenters. The van der Waals surface area contributed by atoms with Crippen LogP contribution in [0.15, 0.2) is 77.4 Å².